The zero-order chi connectivity index (χ0) is 13.8. The second-order valence-electron chi connectivity index (χ2n) is 5.01. The van der Waals surface area contributed by atoms with Crippen LogP contribution in [0.5, 0.6) is 0 Å². The molecule has 0 saturated carbocycles. The van der Waals surface area contributed by atoms with Gasteiger partial charge in [0.2, 0.25) is 0 Å². The van der Waals surface area contributed by atoms with Crippen LogP contribution in [0.4, 0.5) is 0 Å². The summed E-state index contributed by atoms with van der Waals surface area (Å²) in [5.41, 5.74) is 2.28. The Kier molecular flexibility index (Phi) is 1.93. The summed E-state index contributed by atoms with van der Waals surface area (Å²) in [7, 11) is 0. The number of fused-ring (bicyclic) bond motifs is 1. The van der Waals surface area contributed by atoms with Crippen LogP contribution in [0, 0.1) is 13.8 Å². The molecule has 80 valence electrons. The second-order valence-corrected chi connectivity index (χ2v) is 7.92. The Morgan fingerprint density at radius 1 is 1.20 bits per heavy atom. The van der Waals surface area contributed by atoms with Crippen molar-refractivity contribution in [2.75, 3.05) is 0 Å². The van der Waals surface area contributed by atoms with Gasteiger partial charge in [0.25, 0.3) is 0 Å². The molecule has 0 amide bonds. The van der Waals surface area contributed by atoms with E-state index in [2.05, 4.69) is 27.7 Å². The molecule has 15 heavy (non-hydrogen) atoms. The van der Waals surface area contributed by atoms with Crippen LogP contribution in [0.15, 0.2) is 18.1 Å². The van der Waals surface area contributed by atoms with E-state index >= 15 is 0 Å². The first-order chi connectivity index (χ1) is 8.16. The Bertz CT molecular complexity index is 633. The number of benzene rings is 1. The molecule has 1 aromatic heterocycles. The van der Waals surface area contributed by atoms with Crippen LogP contribution in [-0.2, 0) is 5.41 Å². The molecule has 1 aromatic carbocycles. The van der Waals surface area contributed by atoms with Crippen LogP contribution in [0.2, 0.25) is 0 Å². The van der Waals surface area contributed by atoms with Crippen LogP contribution in [0.25, 0.3) is 8.79 Å². The van der Waals surface area contributed by atoms with Gasteiger partial charge in [0, 0.05) is 0 Å². The van der Waals surface area contributed by atoms with Crippen molar-refractivity contribution in [1.29, 1.82) is 0 Å². The fraction of sp³-hybridized carbons (Fsp3) is 0.429. The summed E-state index contributed by atoms with van der Waals surface area (Å²) in [6.07, 6.45) is 0. The number of hydrogen-bond acceptors (Lipinski definition) is 0. The van der Waals surface area contributed by atoms with E-state index in [9.17, 15) is 0 Å². The van der Waals surface area contributed by atoms with E-state index in [-0.39, 0.29) is 17.5 Å². The maximum absolute atomic E-state index is 8.10. The van der Waals surface area contributed by atoms with E-state index in [0.717, 1.165) is 14.4 Å². The molecule has 0 spiro atoms. The molecule has 0 saturated heterocycles. The van der Waals surface area contributed by atoms with Gasteiger partial charge in [-0.05, 0) is 0 Å². The minimum atomic E-state index is -0.555. The standard InChI is InChI=1S/C14H18Te/c1-9-7-6-8-11-12(9)10(2)13(15-11)14(3,4)5/h6-8H,1-5H3/i6D,7D,8D. The van der Waals surface area contributed by atoms with Gasteiger partial charge in [-0.15, -0.1) is 0 Å². The summed E-state index contributed by atoms with van der Waals surface area (Å²) < 4.78 is 26.4. The van der Waals surface area contributed by atoms with Crippen molar-refractivity contribution >= 4 is 29.2 Å². The fourth-order valence-corrected chi connectivity index (χ4v) is 5.65. The average molecular weight is 317 g/mol. The monoisotopic (exact) mass is 319 g/mol. The van der Waals surface area contributed by atoms with Gasteiger partial charge < -0.3 is 0 Å². The van der Waals surface area contributed by atoms with Crippen molar-refractivity contribution in [3.8, 4) is 0 Å². The van der Waals surface area contributed by atoms with Gasteiger partial charge >= 0.3 is 106 Å². The van der Waals surface area contributed by atoms with Crippen molar-refractivity contribution in [2.24, 2.45) is 0 Å². The summed E-state index contributed by atoms with van der Waals surface area (Å²) in [6.45, 7) is 10.7. The summed E-state index contributed by atoms with van der Waals surface area (Å²) >= 11 is -0.555. The molecule has 0 radical (unpaired) electrons. The molecule has 2 rings (SSSR count). The van der Waals surface area contributed by atoms with E-state index < -0.39 is 20.4 Å². The molecule has 0 unspecified atom stereocenters. The van der Waals surface area contributed by atoms with Gasteiger partial charge in [0.15, 0.2) is 0 Å². The third-order valence-electron chi connectivity index (χ3n) is 2.63. The molecule has 0 nitrogen and oxygen atoms in total. The van der Waals surface area contributed by atoms with Crippen LogP contribution < -0.4 is 0 Å². The molecule has 2 aromatic rings. The molecular weight excluding hydrogens is 296 g/mol. The SMILES string of the molecule is [2H]c1c([2H])c(C)c2c(C)c(C(C)(C)C)[te]c2c1[2H]. The molecule has 0 aliphatic carbocycles. The number of aryl methyl sites for hydroxylation is 2. The first-order valence-electron chi connectivity index (χ1n) is 6.66. The van der Waals surface area contributed by atoms with Crippen molar-refractivity contribution in [3.63, 3.8) is 0 Å². The Hall–Kier alpha value is -0.250. The topological polar surface area (TPSA) is 0 Å². The first kappa shape index (κ1) is 7.93. The molecule has 0 fully saturated rings. The molecule has 1 heteroatoms. The third kappa shape index (κ3) is 1.88. The predicted molar refractivity (Wildman–Crippen MR) is 69.1 cm³/mol. The van der Waals surface area contributed by atoms with E-state index in [1.165, 1.54) is 9.14 Å². The molecular formula is C14H18Te. The molecule has 0 atom stereocenters. The predicted octanol–water partition coefficient (Wildman–Crippen LogP) is 3.81. The normalized spacial score (nSPS) is 15.1. The Balaban J connectivity index is 2.98. The Morgan fingerprint density at radius 3 is 2.47 bits per heavy atom. The van der Waals surface area contributed by atoms with E-state index in [0.29, 0.717) is 6.04 Å². The zero-order valence-corrected chi connectivity index (χ0v) is 12.2. The van der Waals surface area contributed by atoms with E-state index in [1.54, 1.807) is 0 Å². The van der Waals surface area contributed by atoms with Gasteiger partial charge in [-0.3, -0.25) is 0 Å². The van der Waals surface area contributed by atoms with Gasteiger partial charge in [-0.25, -0.2) is 0 Å². The van der Waals surface area contributed by atoms with Gasteiger partial charge in [-0.2, -0.15) is 0 Å². The summed E-state index contributed by atoms with van der Waals surface area (Å²) in [6, 6.07) is 0.613. The van der Waals surface area contributed by atoms with Gasteiger partial charge in [0.1, 0.15) is 0 Å². The fourth-order valence-electron chi connectivity index (χ4n) is 2.01. The van der Waals surface area contributed by atoms with Crippen molar-refractivity contribution in [2.45, 2.75) is 40.0 Å². The van der Waals surface area contributed by atoms with Gasteiger partial charge in [-0.1, -0.05) is 0 Å². The van der Waals surface area contributed by atoms with Gasteiger partial charge in [0.05, 0.1) is 0 Å². The molecule has 0 aliphatic rings. The van der Waals surface area contributed by atoms with Crippen LogP contribution in [0.3, 0.4) is 0 Å². The van der Waals surface area contributed by atoms with Crippen molar-refractivity contribution < 1.29 is 4.11 Å². The quantitative estimate of drug-likeness (QED) is 0.648. The molecule has 0 aliphatic heterocycles. The number of hydrogen-bond donors (Lipinski definition) is 0. The van der Waals surface area contributed by atoms with E-state index in [1.807, 2.05) is 6.92 Å². The zero-order valence-electron chi connectivity index (χ0n) is 12.9. The van der Waals surface area contributed by atoms with Crippen molar-refractivity contribution in [1.82, 2.24) is 0 Å². The maximum atomic E-state index is 8.10. The summed E-state index contributed by atoms with van der Waals surface area (Å²) in [5, 5.41) is 1.10. The summed E-state index contributed by atoms with van der Waals surface area (Å²) in [5.74, 6) is 0. The molecule has 1 heterocycles. The molecule has 0 N–H and O–H groups in total. The molecule has 0 bridgehead atoms. The number of rotatable bonds is 0. The van der Waals surface area contributed by atoms with Crippen LogP contribution in [0.1, 0.15) is 39.6 Å². The second kappa shape index (κ2) is 3.65. The van der Waals surface area contributed by atoms with Crippen molar-refractivity contribution in [3.05, 3.63) is 32.8 Å². The average Bonchev–Trinajstić information content (AvgIpc) is 2.61. The van der Waals surface area contributed by atoms with Crippen LogP contribution in [-0.4, -0.2) is 20.4 Å². The van der Waals surface area contributed by atoms with Crippen LogP contribution >= 0.6 is 0 Å². The summed E-state index contributed by atoms with van der Waals surface area (Å²) in [4.78, 5) is 0. The minimum absolute atomic E-state index is 0.0966. The third-order valence-corrected chi connectivity index (χ3v) is 7.29. The van der Waals surface area contributed by atoms with E-state index in [4.69, 9.17) is 4.11 Å². The Labute approximate surface area is 106 Å². The first-order valence-corrected chi connectivity index (χ1v) is 7.49. The Morgan fingerprint density at radius 2 is 1.87 bits per heavy atom.